The molecule has 1 aliphatic heterocycles. The maximum atomic E-state index is 13.7. The first kappa shape index (κ1) is 28.0. The predicted octanol–water partition coefficient (Wildman–Crippen LogP) is 5.78. The van der Waals surface area contributed by atoms with Crippen molar-refractivity contribution in [2.75, 3.05) is 23.8 Å². The molecule has 43 heavy (non-hydrogen) atoms. The normalized spacial score (nSPS) is 18.3. The van der Waals surface area contributed by atoms with Gasteiger partial charge in [-0.15, -0.1) is 0 Å². The largest absolute Gasteiger partial charge is 0.345 e. The van der Waals surface area contributed by atoms with Crippen molar-refractivity contribution in [3.8, 4) is 22.6 Å². The number of ether oxygens (including phenoxy) is 2. The van der Waals surface area contributed by atoms with Crippen LogP contribution >= 0.6 is 0 Å². The van der Waals surface area contributed by atoms with Crippen LogP contribution in [0.1, 0.15) is 19.0 Å². The van der Waals surface area contributed by atoms with Crippen LogP contribution in [0.3, 0.4) is 0 Å². The van der Waals surface area contributed by atoms with Gasteiger partial charge in [0.15, 0.2) is 17.5 Å². The summed E-state index contributed by atoms with van der Waals surface area (Å²) in [5.74, 6) is -2.26. The monoisotopic (exact) mass is 587 g/mol. The SMILES string of the molecule is CC1(C(=O)Nc2ccncc2)COC(c2nc(-c3ccc(F)cc3)c(-c3ccnc(Nc4ccc(F)c(F)c4)n3)[nH]2)OC1. The molecule has 0 unspecified atom stereocenters. The van der Waals surface area contributed by atoms with Crippen molar-refractivity contribution in [2.24, 2.45) is 5.41 Å². The highest BCUT2D eigenvalue weighted by Gasteiger charge is 2.41. The Morgan fingerprint density at radius 2 is 1.65 bits per heavy atom. The minimum Gasteiger partial charge on any atom is -0.345 e. The van der Waals surface area contributed by atoms with Crippen molar-refractivity contribution in [3.63, 3.8) is 0 Å². The highest BCUT2D eigenvalue weighted by molar-refractivity contribution is 5.95. The number of nitrogens with zero attached hydrogens (tertiary/aromatic N) is 4. The smallest absolute Gasteiger partial charge is 0.235 e. The molecule has 0 atom stereocenters. The second-order valence-corrected chi connectivity index (χ2v) is 10.1. The van der Waals surface area contributed by atoms with E-state index < -0.39 is 29.2 Å². The second kappa shape index (κ2) is 11.6. The van der Waals surface area contributed by atoms with Gasteiger partial charge in [-0.1, -0.05) is 0 Å². The molecule has 1 aliphatic rings. The van der Waals surface area contributed by atoms with E-state index in [0.717, 1.165) is 12.1 Å². The summed E-state index contributed by atoms with van der Waals surface area (Å²) in [5.41, 5.74) is 1.76. The number of aromatic nitrogens is 5. The molecule has 1 saturated heterocycles. The minimum atomic E-state index is -1.02. The third-order valence-corrected chi connectivity index (χ3v) is 6.74. The van der Waals surface area contributed by atoms with Crippen molar-refractivity contribution < 1.29 is 27.4 Å². The Kier molecular flexibility index (Phi) is 7.57. The number of nitrogens with one attached hydrogen (secondary N) is 3. The Morgan fingerprint density at radius 1 is 0.907 bits per heavy atom. The molecule has 2 aromatic carbocycles. The van der Waals surface area contributed by atoms with Crippen LogP contribution in [0.25, 0.3) is 22.6 Å². The van der Waals surface area contributed by atoms with Crippen LogP contribution in [0, 0.1) is 22.9 Å². The zero-order chi connectivity index (χ0) is 30.0. The Bertz CT molecular complexity index is 1760. The standard InChI is InChI=1S/C30H24F3N7O3/c1-30(28(41)36-19-8-11-34-12-9-19)15-42-27(43-16-30)26-39-24(17-2-4-18(31)5-3-17)25(40-26)23-10-13-35-29(38-23)37-20-6-7-21(32)22(33)14-20/h2-14,27H,15-16H2,1H3,(H,39,40)(H,34,36,41)(H,35,37,38). The van der Waals surface area contributed by atoms with Crippen molar-refractivity contribution in [2.45, 2.75) is 13.2 Å². The number of hydrogen-bond acceptors (Lipinski definition) is 8. The first-order valence-electron chi connectivity index (χ1n) is 13.1. The van der Waals surface area contributed by atoms with Gasteiger partial charge in [-0.3, -0.25) is 9.78 Å². The number of amides is 1. The number of benzene rings is 2. The summed E-state index contributed by atoms with van der Waals surface area (Å²) in [6.45, 7) is 1.83. The minimum absolute atomic E-state index is 0.0479. The molecular formula is C30H24F3N7O3. The van der Waals surface area contributed by atoms with E-state index in [-0.39, 0.29) is 30.8 Å². The molecule has 0 bridgehead atoms. The van der Waals surface area contributed by atoms with Crippen molar-refractivity contribution in [3.05, 3.63) is 103 Å². The zero-order valence-corrected chi connectivity index (χ0v) is 22.6. The molecule has 4 heterocycles. The Balaban J connectivity index is 1.26. The number of carbonyl (C=O) groups excluding carboxylic acids is 1. The summed E-state index contributed by atoms with van der Waals surface area (Å²) in [7, 11) is 0. The molecule has 10 nitrogen and oxygen atoms in total. The van der Waals surface area contributed by atoms with Gasteiger partial charge < -0.3 is 25.1 Å². The van der Waals surface area contributed by atoms with Crippen LogP contribution in [-0.2, 0) is 14.3 Å². The molecule has 0 aliphatic carbocycles. The number of carbonyl (C=O) groups is 1. The topological polar surface area (TPSA) is 127 Å². The lowest BCUT2D eigenvalue weighted by Gasteiger charge is -2.35. The van der Waals surface area contributed by atoms with Gasteiger partial charge in [-0.2, -0.15) is 0 Å². The van der Waals surface area contributed by atoms with E-state index in [1.165, 1.54) is 24.4 Å². The van der Waals surface area contributed by atoms with Crippen LogP contribution in [0.2, 0.25) is 0 Å². The lowest BCUT2D eigenvalue weighted by molar-refractivity contribution is -0.229. The van der Waals surface area contributed by atoms with Gasteiger partial charge in [0.1, 0.15) is 5.82 Å². The van der Waals surface area contributed by atoms with E-state index in [4.69, 9.17) is 14.5 Å². The average Bonchev–Trinajstić information content (AvgIpc) is 3.46. The zero-order valence-electron chi connectivity index (χ0n) is 22.6. The summed E-state index contributed by atoms with van der Waals surface area (Å²) in [5, 5.41) is 5.70. The molecule has 218 valence electrons. The van der Waals surface area contributed by atoms with Crippen molar-refractivity contribution in [1.29, 1.82) is 0 Å². The molecule has 3 N–H and O–H groups in total. The molecule has 5 aromatic rings. The maximum absolute atomic E-state index is 13.7. The lowest BCUT2D eigenvalue weighted by Crippen LogP contribution is -2.45. The summed E-state index contributed by atoms with van der Waals surface area (Å²) in [6.07, 6.45) is 3.71. The van der Waals surface area contributed by atoms with E-state index in [1.807, 2.05) is 0 Å². The van der Waals surface area contributed by atoms with Gasteiger partial charge in [-0.25, -0.2) is 28.1 Å². The summed E-state index contributed by atoms with van der Waals surface area (Å²) >= 11 is 0. The number of pyridine rings is 1. The molecular weight excluding hydrogens is 563 g/mol. The fraction of sp³-hybridized carbons (Fsp3) is 0.167. The number of aromatic amines is 1. The van der Waals surface area contributed by atoms with Crippen molar-refractivity contribution >= 4 is 23.2 Å². The molecule has 0 saturated carbocycles. The third kappa shape index (κ3) is 6.08. The number of anilines is 3. The van der Waals surface area contributed by atoms with Crippen LogP contribution < -0.4 is 10.6 Å². The molecule has 1 amide bonds. The van der Waals surface area contributed by atoms with Crippen LogP contribution in [0.15, 0.2) is 79.3 Å². The Labute approximate surface area is 243 Å². The summed E-state index contributed by atoms with van der Waals surface area (Å²) in [6, 6.07) is 14.1. The van der Waals surface area contributed by atoms with E-state index >= 15 is 0 Å². The second-order valence-electron chi connectivity index (χ2n) is 10.1. The first-order chi connectivity index (χ1) is 20.8. The molecule has 3 aromatic heterocycles. The maximum Gasteiger partial charge on any atom is 0.235 e. The van der Waals surface area contributed by atoms with Crippen LogP contribution in [0.5, 0.6) is 0 Å². The fourth-order valence-corrected chi connectivity index (χ4v) is 4.38. The number of rotatable bonds is 7. The average molecular weight is 588 g/mol. The van der Waals surface area contributed by atoms with Crippen LogP contribution in [-0.4, -0.2) is 44.0 Å². The van der Waals surface area contributed by atoms with Crippen LogP contribution in [0.4, 0.5) is 30.5 Å². The molecule has 13 heteroatoms. The number of halogens is 3. The lowest BCUT2D eigenvalue weighted by atomic mass is 9.91. The van der Waals surface area contributed by atoms with Gasteiger partial charge in [0.2, 0.25) is 18.1 Å². The third-order valence-electron chi connectivity index (χ3n) is 6.74. The van der Waals surface area contributed by atoms with E-state index in [1.54, 1.807) is 49.6 Å². The number of imidazole rings is 1. The Morgan fingerprint density at radius 3 is 2.37 bits per heavy atom. The number of H-pyrrole nitrogens is 1. The highest BCUT2D eigenvalue weighted by Crippen LogP contribution is 2.36. The van der Waals surface area contributed by atoms with E-state index in [0.29, 0.717) is 34.2 Å². The predicted molar refractivity (Wildman–Crippen MR) is 150 cm³/mol. The molecule has 6 rings (SSSR count). The summed E-state index contributed by atoms with van der Waals surface area (Å²) in [4.78, 5) is 33.5. The molecule has 0 spiro atoms. The fourth-order valence-electron chi connectivity index (χ4n) is 4.38. The molecule has 1 fully saturated rings. The Hall–Kier alpha value is -5.14. The molecule has 0 radical (unpaired) electrons. The number of hydrogen-bond donors (Lipinski definition) is 3. The quantitative estimate of drug-likeness (QED) is 0.219. The van der Waals surface area contributed by atoms with Gasteiger partial charge in [0.25, 0.3) is 0 Å². The van der Waals surface area contributed by atoms with E-state index in [9.17, 15) is 18.0 Å². The van der Waals surface area contributed by atoms with Gasteiger partial charge in [0, 0.05) is 41.6 Å². The van der Waals surface area contributed by atoms with Gasteiger partial charge >= 0.3 is 0 Å². The first-order valence-corrected chi connectivity index (χ1v) is 13.1. The highest BCUT2D eigenvalue weighted by atomic mass is 19.2. The van der Waals surface area contributed by atoms with Crippen molar-refractivity contribution in [1.82, 2.24) is 24.9 Å². The van der Waals surface area contributed by atoms with Gasteiger partial charge in [0.05, 0.1) is 35.7 Å². The summed E-state index contributed by atoms with van der Waals surface area (Å²) < 4.78 is 52.7. The van der Waals surface area contributed by atoms with Gasteiger partial charge in [-0.05, 0) is 61.5 Å². The van der Waals surface area contributed by atoms with E-state index in [2.05, 4.69) is 30.6 Å².